The first-order valence-electron chi connectivity index (χ1n) is 7.05. The number of benzene rings is 2. The number of hydrogen-bond acceptors (Lipinski definition) is 4. The summed E-state index contributed by atoms with van der Waals surface area (Å²) in [6.07, 6.45) is 1.31. The molecule has 0 aliphatic carbocycles. The van der Waals surface area contributed by atoms with Crippen LogP contribution in [0.1, 0.15) is 18.4 Å². The molecule has 1 aromatic heterocycles. The zero-order chi connectivity index (χ0) is 16.4. The van der Waals surface area contributed by atoms with Crippen LogP contribution in [0.15, 0.2) is 57.8 Å². The highest BCUT2D eigenvalue weighted by molar-refractivity contribution is 7.91. The molecule has 118 valence electrons. The molecule has 0 aliphatic rings. The van der Waals surface area contributed by atoms with Crippen LogP contribution < -0.4 is 0 Å². The molecule has 0 saturated heterocycles. The number of oxazole rings is 1. The largest absolute Gasteiger partial charge is 0.434 e. The molecule has 0 aliphatic heterocycles. The van der Waals surface area contributed by atoms with Gasteiger partial charge in [0.25, 0.3) is 5.89 Å². The van der Waals surface area contributed by atoms with E-state index in [0.717, 1.165) is 0 Å². The third-order valence-corrected chi connectivity index (χ3v) is 5.13. The van der Waals surface area contributed by atoms with E-state index in [1.165, 1.54) is 24.3 Å². The topological polar surface area (TPSA) is 60.2 Å². The van der Waals surface area contributed by atoms with E-state index in [9.17, 15) is 12.8 Å². The van der Waals surface area contributed by atoms with E-state index in [0.29, 0.717) is 16.7 Å². The van der Waals surface area contributed by atoms with Crippen molar-refractivity contribution in [1.29, 1.82) is 0 Å². The number of halogens is 1. The molecule has 0 atom stereocenters. The molecule has 0 saturated carbocycles. The zero-order valence-electron chi connectivity index (χ0n) is 12.4. The second kappa shape index (κ2) is 5.96. The predicted molar refractivity (Wildman–Crippen MR) is 87.2 cm³/mol. The lowest BCUT2D eigenvalue weighted by Gasteiger charge is -1.99. The molecule has 23 heavy (non-hydrogen) atoms. The van der Waals surface area contributed by atoms with E-state index in [2.05, 4.69) is 4.98 Å². The number of rotatable bonds is 4. The monoisotopic (exact) mass is 331 g/mol. The van der Waals surface area contributed by atoms with Crippen molar-refractivity contribution in [2.45, 2.75) is 11.8 Å². The molecule has 3 rings (SSSR count). The van der Waals surface area contributed by atoms with Crippen LogP contribution in [-0.4, -0.2) is 19.2 Å². The summed E-state index contributed by atoms with van der Waals surface area (Å²) >= 11 is 0. The van der Waals surface area contributed by atoms with E-state index in [4.69, 9.17) is 4.42 Å². The fourth-order valence-corrected chi connectivity index (χ4v) is 3.03. The van der Waals surface area contributed by atoms with Crippen LogP contribution in [0.3, 0.4) is 0 Å². The Kier molecular flexibility index (Phi) is 4.00. The quantitative estimate of drug-likeness (QED) is 0.722. The van der Waals surface area contributed by atoms with Gasteiger partial charge in [0.1, 0.15) is 5.52 Å². The lowest BCUT2D eigenvalue weighted by atomic mass is 10.2. The summed E-state index contributed by atoms with van der Waals surface area (Å²) in [5.41, 5.74) is 1.33. The summed E-state index contributed by atoms with van der Waals surface area (Å²) in [5, 5.41) is 0. The average Bonchev–Trinajstić information content (AvgIpc) is 2.99. The van der Waals surface area contributed by atoms with Gasteiger partial charge in [-0.2, -0.15) is 0 Å². The van der Waals surface area contributed by atoms with Crippen molar-refractivity contribution in [2.75, 3.05) is 5.75 Å². The van der Waals surface area contributed by atoms with Gasteiger partial charge >= 0.3 is 0 Å². The maximum absolute atomic E-state index is 14.2. The first kappa shape index (κ1) is 15.4. The molecular weight excluding hydrogens is 317 g/mol. The van der Waals surface area contributed by atoms with Crippen LogP contribution in [0.25, 0.3) is 23.0 Å². The summed E-state index contributed by atoms with van der Waals surface area (Å²) in [6, 6.07) is 13.3. The van der Waals surface area contributed by atoms with E-state index in [-0.39, 0.29) is 16.5 Å². The lowest BCUT2D eigenvalue weighted by molar-refractivity contribution is 0.556. The Hall–Kier alpha value is -2.47. The van der Waals surface area contributed by atoms with Crippen molar-refractivity contribution >= 4 is 32.8 Å². The second-order valence-electron chi connectivity index (χ2n) is 4.95. The first-order chi connectivity index (χ1) is 11.0. The van der Waals surface area contributed by atoms with Crippen LogP contribution in [0.4, 0.5) is 4.39 Å². The van der Waals surface area contributed by atoms with Crippen molar-refractivity contribution in [2.24, 2.45) is 0 Å². The second-order valence-corrected chi connectivity index (χ2v) is 7.23. The maximum atomic E-state index is 14.2. The molecule has 0 amide bonds. The Balaban J connectivity index is 2.02. The molecule has 2 aromatic carbocycles. The van der Waals surface area contributed by atoms with Crippen molar-refractivity contribution in [1.82, 2.24) is 4.98 Å². The smallest absolute Gasteiger partial charge is 0.256 e. The summed E-state index contributed by atoms with van der Waals surface area (Å²) in [7, 11) is -3.34. The van der Waals surface area contributed by atoms with Crippen molar-refractivity contribution in [3.05, 3.63) is 60.0 Å². The van der Waals surface area contributed by atoms with Gasteiger partial charge in [-0.3, -0.25) is 0 Å². The minimum absolute atomic E-state index is 0.00845. The summed E-state index contributed by atoms with van der Waals surface area (Å²) in [5.74, 6) is -0.798. The van der Waals surface area contributed by atoms with Gasteiger partial charge in [-0.05, 0) is 29.8 Å². The van der Waals surface area contributed by atoms with Crippen molar-refractivity contribution in [3.8, 4) is 0 Å². The molecule has 0 bridgehead atoms. The third-order valence-electron chi connectivity index (χ3n) is 3.40. The average molecular weight is 331 g/mol. The molecule has 4 nitrogen and oxygen atoms in total. The van der Waals surface area contributed by atoms with E-state index in [1.54, 1.807) is 31.2 Å². The molecule has 3 aromatic rings. The number of nitrogens with zero attached hydrogens (tertiary/aromatic N) is 1. The van der Waals surface area contributed by atoms with Crippen LogP contribution in [0.2, 0.25) is 0 Å². The number of sulfone groups is 1. The highest BCUT2D eigenvalue weighted by atomic mass is 32.2. The zero-order valence-corrected chi connectivity index (χ0v) is 13.2. The number of aromatic nitrogens is 1. The summed E-state index contributed by atoms with van der Waals surface area (Å²) in [6.45, 7) is 1.57. The minimum atomic E-state index is -3.34. The van der Waals surface area contributed by atoms with Gasteiger partial charge in [-0.1, -0.05) is 37.3 Å². The van der Waals surface area contributed by atoms with Gasteiger partial charge in [0.15, 0.2) is 21.2 Å². The van der Waals surface area contributed by atoms with E-state index >= 15 is 0 Å². The Labute approximate surface area is 133 Å². The SMILES string of the molecule is CCS(=O)(=O)c1ccc2oc(/C(F)=C/c3ccccc3)nc2c1. The van der Waals surface area contributed by atoms with Gasteiger partial charge in [0.2, 0.25) is 0 Å². The molecule has 0 radical (unpaired) electrons. The van der Waals surface area contributed by atoms with Gasteiger partial charge in [-0.25, -0.2) is 17.8 Å². The highest BCUT2D eigenvalue weighted by Gasteiger charge is 2.16. The van der Waals surface area contributed by atoms with Gasteiger partial charge in [-0.15, -0.1) is 0 Å². The van der Waals surface area contributed by atoms with Gasteiger partial charge in [0, 0.05) is 0 Å². The number of hydrogen-bond donors (Lipinski definition) is 0. The molecule has 0 fully saturated rings. The molecule has 6 heteroatoms. The fourth-order valence-electron chi connectivity index (χ4n) is 2.13. The van der Waals surface area contributed by atoms with E-state index in [1.807, 2.05) is 6.07 Å². The van der Waals surface area contributed by atoms with Crippen LogP contribution >= 0.6 is 0 Å². The fraction of sp³-hybridized carbons (Fsp3) is 0.118. The summed E-state index contributed by atoms with van der Waals surface area (Å²) in [4.78, 5) is 4.20. The Morgan fingerprint density at radius 2 is 1.96 bits per heavy atom. The molecule has 0 unspecified atom stereocenters. The van der Waals surface area contributed by atoms with Crippen LogP contribution in [-0.2, 0) is 9.84 Å². The van der Waals surface area contributed by atoms with Crippen LogP contribution in [0.5, 0.6) is 0 Å². The molecule has 0 N–H and O–H groups in total. The highest BCUT2D eigenvalue weighted by Crippen LogP contribution is 2.26. The Morgan fingerprint density at radius 3 is 2.65 bits per heavy atom. The normalized spacial score (nSPS) is 12.7. The van der Waals surface area contributed by atoms with Gasteiger partial charge < -0.3 is 4.42 Å². The van der Waals surface area contributed by atoms with E-state index < -0.39 is 15.7 Å². The first-order valence-corrected chi connectivity index (χ1v) is 8.71. The molecular formula is C17H14FNO3S. The molecule has 1 heterocycles. The number of fused-ring (bicyclic) bond motifs is 1. The standard InChI is InChI=1S/C17H14FNO3S/c1-2-23(20,21)13-8-9-16-15(11-13)19-17(22-16)14(18)10-12-6-4-3-5-7-12/h3-11H,2H2,1H3/b14-10-. The molecule has 0 spiro atoms. The van der Waals surface area contributed by atoms with Crippen LogP contribution in [0, 0.1) is 0 Å². The lowest BCUT2D eigenvalue weighted by Crippen LogP contribution is -2.03. The Morgan fingerprint density at radius 1 is 1.22 bits per heavy atom. The summed E-state index contributed by atoms with van der Waals surface area (Å²) < 4.78 is 43.4. The van der Waals surface area contributed by atoms with Gasteiger partial charge in [0.05, 0.1) is 10.6 Å². The van der Waals surface area contributed by atoms with Crippen molar-refractivity contribution in [3.63, 3.8) is 0 Å². The maximum Gasteiger partial charge on any atom is 0.256 e. The third kappa shape index (κ3) is 3.17. The predicted octanol–water partition coefficient (Wildman–Crippen LogP) is 4.09. The Bertz CT molecular complexity index is 976. The minimum Gasteiger partial charge on any atom is -0.434 e. The van der Waals surface area contributed by atoms with Crippen molar-refractivity contribution < 1.29 is 17.2 Å².